The van der Waals surface area contributed by atoms with Gasteiger partial charge in [0, 0.05) is 17.0 Å². The third-order valence-corrected chi connectivity index (χ3v) is 3.23. The number of nitrogens with zero attached hydrogens (tertiary/aromatic N) is 2. The standard InChI is InChI=1S/C15H15ClFN3/c1-3-5-13-19-14(15(18)20(13)8-4-2)11-9-10(16)6-7-12(11)17/h2,6-7,9H,3,5,8,18H2,1H3. The first-order chi connectivity index (χ1) is 9.58. The lowest BCUT2D eigenvalue weighted by molar-refractivity contribution is 0.631. The Morgan fingerprint density at radius 1 is 1.50 bits per heavy atom. The smallest absolute Gasteiger partial charge is 0.132 e. The molecule has 0 radical (unpaired) electrons. The maximum Gasteiger partial charge on any atom is 0.132 e. The fraction of sp³-hybridized carbons (Fsp3) is 0.267. The molecule has 2 aromatic rings. The fourth-order valence-electron chi connectivity index (χ4n) is 2.07. The van der Waals surface area contributed by atoms with Crippen LogP contribution in [0.5, 0.6) is 0 Å². The second kappa shape index (κ2) is 5.98. The molecule has 0 aliphatic heterocycles. The summed E-state index contributed by atoms with van der Waals surface area (Å²) in [4.78, 5) is 4.43. The van der Waals surface area contributed by atoms with Crippen LogP contribution in [0.2, 0.25) is 5.02 Å². The van der Waals surface area contributed by atoms with Gasteiger partial charge in [-0.3, -0.25) is 0 Å². The second-order valence-electron chi connectivity index (χ2n) is 4.43. The number of aromatic nitrogens is 2. The first-order valence-electron chi connectivity index (χ1n) is 6.32. The number of halogens is 2. The summed E-state index contributed by atoms with van der Waals surface area (Å²) >= 11 is 5.91. The number of anilines is 1. The SMILES string of the molecule is C#CCn1c(CCC)nc(-c2cc(Cl)ccc2F)c1N. The number of hydrogen-bond acceptors (Lipinski definition) is 2. The van der Waals surface area contributed by atoms with Gasteiger partial charge >= 0.3 is 0 Å². The van der Waals surface area contributed by atoms with Crippen molar-refractivity contribution in [1.82, 2.24) is 9.55 Å². The number of rotatable bonds is 4. The lowest BCUT2D eigenvalue weighted by atomic mass is 10.1. The zero-order valence-corrected chi connectivity index (χ0v) is 11.9. The third kappa shape index (κ3) is 2.63. The van der Waals surface area contributed by atoms with Crippen molar-refractivity contribution in [1.29, 1.82) is 0 Å². The molecule has 0 amide bonds. The molecule has 1 aromatic carbocycles. The summed E-state index contributed by atoms with van der Waals surface area (Å²) < 4.78 is 15.7. The maximum atomic E-state index is 13.9. The van der Waals surface area contributed by atoms with E-state index in [1.807, 2.05) is 6.92 Å². The predicted molar refractivity (Wildman–Crippen MR) is 79.9 cm³/mol. The minimum atomic E-state index is -0.408. The molecule has 1 heterocycles. The predicted octanol–water partition coefficient (Wildman–Crippen LogP) is 3.51. The number of imidazole rings is 1. The van der Waals surface area contributed by atoms with E-state index in [4.69, 9.17) is 23.8 Å². The molecule has 2 N–H and O–H groups in total. The van der Waals surface area contributed by atoms with Gasteiger partial charge in [-0.2, -0.15) is 0 Å². The van der Waals surface area contributed by atoms with Crippen molar-refractivity contribution < 1.29 is 4.39 Å². The van der Waals surface area contributed by atoms with Gasteiger partial charge in [-0.15, -0.1) is 6.42 Å². The largest absolute Gasteiger partial charge is 0.383 e. The number of terminal acetylenes is 1. The molecule has 0 aliphatic carbocycles. The van der Waals surface area contributed by atoms with Crippen molar-refractivity contribution in [3.8, 4) is 23.6 Å². The van der Waals surface area contributed by atoms with Crippen LogP contribution in [-0.2, 0) is 13.0 Å². The molecule has 0 unspecified atom stereocenters. The molecule has 104 valence electrons. The highest BCUT2D eigenvalue weighted by Crippen LogP contribution is 2.31. The summed E-state index contributed by atoms with van der Waals surface area (Å²) in [6.45, 7) is 2.35. The maximum absolute atomic E-state index is 13.9. The quantitative estimate of drug-likeness (QED) is 0.876. The number of nitrogen functional groups attached to an aromatic ring is 1. The number of aryl methyl sites for hydroxylation is 1. The fourth-order valence-corrected chi connectivity index (χ4v) is 2.25. The minimum absolute atomic E-state index is 0.295. The van der Waals surface area contributed by atoms with Gasteiger partial charge in [-0.25, -0.2) is 9.37 Å². The summed E-state index contributed by atoms with van der Waals surface area (Å²) in [5.74, 6) is 3.26. The molecular formula is C15H15ClFN3. The zero-order valence-electron chi connectivity index (χ0n) is 11.2. The van der Waals surface area contributed by atoms with Crippen LogP contribution in [-0.4, -0.2) is 9.55 Å². The molecule has 2 rings (SSSR count). The summed E-state index contributed by atoms with van der Waals surface area (Å²) in [5.41, 5.74) is 6.75. The second-order valence-corrected chi connectivity index (χ2v) is 4.86. The lowest BCUT2D eigenvalue weighted by Crippen LogP contribution is -2.06. The van der Waals surface area contributed by atoms with Crippen molar-refractivity contribution in [2.75, 3.05) is 5.73 Å². The van der Waals surface area contributed by atoms with Crippen LogP contribution in [0.15, 0.2) is 18.2 Å². The summed E-state index contributed by atoms with van der Waals surface area (Å²) in [7, 11) is 0. The van der Waals surface area contributed by atoms with Gasteiger partial charge in [0.25, 0.3) is 0 Å². The van der Waals surface area contributed by atoms with Crippen molar-refractivity contribution >= 4 is 17.4 Å². The van der Waals surface area contributed by atoms with E-state index in [2.05, 4.69) is 10.9 Å². The normalized spacial score (nSPS) is 10.5. The van der Waals surface area contributed by atoms with Gasteiger partial charge in [0.05, 0.1) is 6.54 Å². The highest BCUT2D eigenvalue weighted by atomic mass is 35.5. The van der Waals surface area contributed by atoms with Gasteiger partial charge in [0.2, 0.25) is 0 Å². The van der Waals surface area contributed by atoms with Gasteiger partial charge < -0.3 is 10.3 Å². The van der Waals surface area contributed by atoms with E-state index in [0.29, 0.717) is 28.6 Å². The van der Waals surface area contributed by atoms with E-state index in [1.165, 1.54) is 18.2 Å². The third-order valence-electron chi connectivity index (χ3n) is 2.99. The topological polar surface area (TPSA) is 43.8 Å². The van der Waals surface area contributed by atoms with Gasteiger partial charge in [0.1, 0.15) is 23.2 Å². The zero-order chi connectivity index (χ0) is 14.7. The Morgan fingerprint density at radius 3 is 2.90 bits per heavy atom. The Morgan fingerprint density at radius 2 is 2.25 bits per heavy atom. The molecule has 0 aliphatic rings. The van der Waals surface area contributed by atoms with Crippen LogP contribution in [0.1, 0.15) is 19.2 Å². The van der Waals surface area contributed by atoms with E-state index < -0.39 is 5.82 Å². The molecular weight excluding hydrogens is 277 g/mol. The lowest BCUT2D eigenvalue weighted by Gasteiger charge is -2.05. The van der Waals surface area contributed by atoms with Crippen molar-refractivity contribution in [3.05, 3.63) is 34.9 Å². The van der Waals surface area contributed by atoms with Crippen LogP contribution in [0.25, 0.3) is 11.3 Å². The Kier molecular flexibility index (Phi) is 4.31. The van der Waals surface area contributed by atoms with Crippen LogP contribution >= 0.6 is 11.6 Å². The van der Waals surface area contributed by atoms with Gasteiger partial charge in [0.15, 0.2) is 0 Å². The molecule has 0 bridgehead atoms. The Bertz CT molecular complexity index is 670. The number of hydrogen-bond donors (Lipinski definition) is 1. The first kappa shape index (κ1) is 14.4. The van der Waals surface area contributed by atoms with Crippen molar-refractivity contribution in [2.24, 2.45) is 0 Å². The van der Waals surface area contributed by atoms with Gasteiger partial charge in [-0.05, 0) is 24.6 Å². The molecule has 0 atom stereocenters. The molecule has 0 spiro atoms. The Labute approximate surface area is 122 Å². The molecule has 0 fully saturated rings. The van der Waals surface area contributed by atoms with Crippen LogP contribution in [0, 0.1) is 18.2 Å². The van der Waals surface area contributed by atoms with Crippen molar-refractivity contribution in [2.45, 2.75) is 26.3 Å². The molecule has 5 heteroatoms. The summed E-state index contributed by atoms with van der Waals surface area (Å²) in [6, 6.07) is 4.31. The highest BCUT2D eigenvalue weighted by Gasteiger charge is 2.18. The van der Waals surface area contributed by atoms with Crippen molar-refractivity contribution in [3.63, 3.8) is 0 Å². The molecule has 0 saturated heterocycles. The van der Waals surface area contributed by atoms with E-state index in [9.17, 15) is 4.39 Å². The van der Waals surface area contributed by atoms with E-state index in [-0.39, 0.29) is 0 Å². The summed E-state index contributed by atoms with van der Waals surface area (Å²) in [5, 5.41) is 0.435. The average Bonchev–Trinajstić information content (AvgIpc) is 2.71. The van der Waals surface area contributed by atoms with Crippen LogP contribution in [0.3, 0.4) is 0 Å². The Balaban J connectivity index is 2.60. The highest BCUT2D eigenvalue weighted by molar-refractivity contribution is 6.30. The first-order valence-corrected chi connectivity index (χ1v) is 6.70. The number of benzene rings is 1. The average molecular weight is 292 g/mol. The van der Waals surface area contributed by atoms with E-state index >= 15 is 0 Å². The molecule has 3 nitrogen and oxygen atoms in total. The summed E-state index contributed by atoms with van der Waals surface area (Å²) in [6.07, 6.45) is 6.98. The molecule has 1 aromatic heterocycles. The van der Waals surface area contributed by atoms with E-state index in [1.54, 1.807) is 4.57 Å². The number of nitrogens with two attached hydrogens (primary N) is 1. The molecule has 0 saturated carbocycles. The van der Waals surface area contributed by atoms with Gasteiger partial charge in [-0.1, -0.05) is 24.4 Å². The van der Waals surface area contributed by atoms with E-state index in [0.717, 1.165) is 18.7 Å². The van der Waals surface area contributed by atoms with Crippen LogP contribution < -0.4 is 5.73 Å². The monoisotopic (exact) mass is 291 g/mol. The van der Waals surface area contributed by atoms with Crippen LogP contribution in [0.4, 0.5) is 10.2 Å². The molecule has 20 heavy (non-hydrogen) atoms. The Hall–Kier alpha value is -1.99. The minimum Gasteiger partial charge on any atom is -0.383 e.